The van der Waals surface area contributed by atoms with Crippen molar-refractivity contribution in [3.8, 4) is 5.75 Å². The van der Waals surface area contributed by atoms with Crippen LogP contribution in [0, 0.1) is 0 Å². The minimum atomic E-state index is -1.30. The summed E-state index contributed by atoms with van der Waals surface area (Å²) in [6.07, 6.45) is 0.313. The summed E-state index contributed by atoms with van der Waals surface area (Å²) >= 11 is 0. The number of hydrogen-bond donors (Lipinski definition) is 2. The van der Waals surface area contributed by atoms with Crippen LogP contribution in [0.4, 0.5) is 0 Å². The minimum Gasteiger partial charge on any atom is -0.535 e. The quantitative estimate of drug-likeness (QED) is 0.622. The van der Waals surface area contributed by atoms with Crippen LogP contribution in [0.2, 0.25) is 5.82 Å². The molecule has 1 aromatic rings. The lowest BCUT2D eigenvalue weighted by atomic mass is 9.64. The van der Waals surface area contributed by atoms with Crippen LogP contribution in [0.25, 0.3) is 0 Å². The number of carboxylic acids is 1. The Hall–Kier alpha value is -2.15. The molecule has 0 spiro atoms. The van der Waals surface area contributed by atoms with Crippen LogP contribution in [0.1, 0.15) is 35.7 Å². The van der Waals surface area contributed by atoms with Gasteiger partial charge < -0.3 is 14.8 Å². The number of carbonyl (C=O) groups is 3. The van der Waals surface area contributed by atoms with E-state index in [1.165, 1.54) is 6.07 Å². The van der Waals surface area contributed by atoms with Gasteiger partial charge in [0.2, 0.25) is 0 Å². The first-order valence-electron chi connectivity index (χ1n) is 6.70. The maximum absolute atomic E-state index is 11.7. The lowest BCUT2D eigenvalue weighted by Crippen LogP contribution is -2.36. The van der Waals surface area contributed by atoms with Crippen molar-refractivity contribution in [1.29, 1.82) is 0 Å². The second-order valence-electron chi connectivity index (χ2n) is 4.98. The van der Waals surface area contributed by atoms with E-state index in [0.29, 0.717) is 12.0 Å². The Morgan fingerprint density at radius 2 is 2.05 bits per heavy atom. The first-order chi connectivity index (χ1) is 9.93. The molecule has 0 saturated heterocycles. The number of carbonyl (C=O) groups excluding carboxylic acids is 2. The van der Waals surface area contributed by atoms with Crippen molar-refractivity contribution < 1.29 is 29.2 Å². The SMILES string of the molecule is CCC(=O)C(=O)C[C@H]1Cc2cccc(C(=O)O)c2OB1O. The zero-order valence-corrected chi connectivity index (χ0v) is 11.5. The number of para-hydroxylation sites is 1. The average molecular weight is 290 g/mol. The monoisotopic (exact) mass is 290 g/mol. The summed E-state index contributed by atoms with van der Waals surface area (Å²) < 4.78 is 5.26. The predicted molar refractivity (Wildman–Crippen MR) is 74.4 cm³/mol. The molecular weight excluding hydrogens is 275 g/mol. The molecule has 0 saturated carbocycles. The summed E-state index contributed by atoms with van der Waals surface area (Å²) in [5, 5.41) is 19.0. The van der Waals surface area contributed by atoms with E-state index >= 15 is 0 Å². The van der Waals surface area contributed by atoms with E-state index in [-0.39, 0.29) is 24.2 Å². The van der Waals surface area contributed by atoms with Crippen LogP contribution < -0.4 is 4.65 Å². The van der Waals surface area contributed by atoms with Crippen molar-refractivity contribution in [2.24, 2.45) is 0 Å². The van der Waals surface area contributed by atoms with Gasteiger partial charge in [-0.3, -0.25) is 9.59 Å². The van der Waals surface area contributed by atoms with Crippen molar-refractivity contribution in [3.63, 3.8) is 0 Å². The van der Waals surface area contributed by atoms with Gasteiger partial charge in [-0.15, -0.1) is 0 Å². The van der Waals surface area contributed by atoms with Crippen molar-refractivity contribution in [1.82, 2.24) is 0 Å². The molecule has 1 atom stereocenters. The number of aromatic carboxylic acids is 1. The Morgan fingerprint density at radius 1 is 1.33 bits per heavy atom. The largest absolute Gasteiger partial charge is 0.535 e. The zero-order valence-electron chi connectivity index (χ0n) is 11.5. The van der Waals surface area contributed by atoms with E-state index in [1.807, 2.05) is 0 Å². The van der Waals surface area contributed by atoms with Crippen LogP contribution in [0.5, 0.6) is 5.75 Å². The summed E-state index contributed by atoms with van der Waals surface area (Å²) in [5.74, 6) is -2.59. The molecule has 1 aliphatic rings. The summed E-state index contributed by atoms with van der Waals surface area (Å²) in [7, 11) is -1.30. The van der Waals surface area contributed by atoms with Gasteiger partial charge in [-0.25, -0.2) is 4.79 Å². The number of Topliss-reactive ketones (excluding diaryl/α,β-unsaturated/α-hetero) is 2. The molecule has 2 rings (SSSR count). The Labute approximate surface area is 121 Å². The Bertz CT molecular complexity index is 597. The maximum atomic E-state index is 11.7. The number of fused-ring (bicyclic) bond motifs is 1. The highest BCUT2D eigenvalue weighted by molar-refractivity contribution is 6.48. The standard InChI is InChI=1S/C14H15BO6/c1-2-11(16)12(17)7-9-6-8-4-3-5-10(14(18)19)13(8)21-15(9)20/h3-5,9,20H,2,6-7H2,1H3,(H,18,19)/t9-/m1/s1. The molecule has 21 heavy (non-hydrogen) atoms. The Balaban J connectivity index is 2.21. The van der Waals surface area contributed by atoms with E-state index in [2.05, 4.69) is 0 Å². The van der Waals surface area contributed by atoms with Gasteiger partial charge in [-0.2, -0.15) is 0 Å². The van der Waals surface area contributed by atoms with E-state index in [4.69, 9.17) is 9.76 Å². The molecule has 1 heterocycles. The molecule has 2 N–H and O–H groups in total. The van der Waals surface area contributed by atoms with Crippen LogP contribution in [-0.4, -0.2) is 34.8 Å². The highest BCUT2D eigenvalue weighted by Crippen LogP contribution is 2.36. The van der Waals surface area contributed by atoms with Crippen molar-refractivity contribution >= 4 is 24.7 Å². The van der Waals surface area contributed by atoms with Crippen LogP contribution in [-0.2, 0) is 16.0 Å². The number of ketones is 2. The van der Waals surface area contributed by atoms with Gasteiger partial charge in [0, 0.05) is 18.7 Å². The van der Waals surface area contributed by atoms with Crippen molar-refractivity contribution in [2.45, 2.75) is 32.0 Å². The molecule has 0 aliphatic carbocycles. The van der Waals surface area contributed by atoms with Crippen LogP contribution in [0.15, 0.2) is 18.2 Å². The molecule has 0 radical (unpaired) electrons. The van der Waals surface area contributed by atoms with Crippen molar-refractivity contribution in [3.05, 3.63) is 29.3 Å². The van der Waals surface area contributed by atoms with E-state index < -0.39 is 30.5 Å². The third kappa shape index (κ3) is 3.13. The lowest BCUT2D eigenvalue weighted by molar-refractivity contribution is -0.136. The fraction of sp³-hybridized carbons (Fsp3) is 0.357. The first kappa shape index (κ1) is 15.2. The van der Waals surface area contributed by atoms with Crippen molar-refractivity contribution in [2.75, 3.05) is 0 Å². The molecule has 0 amide bonds. The molecule has 1 aromatic carbocycles. The Kier molecular flexibility index (Phi) is 4.42. The molecule has 0 aromatic heterocycles. The van der Waals surface area contributed by atoms with Gasteiger partial charge in [-0.05, 0) is 18.1 Å². The summed E-state index contributed by atoms with van der Waals surface area (Å²) in [6.45, 7) is 1.60. The highest BCUT2D eigenvalue weighted by Gasteiger charge is 2.38. The molecule has 0 bridgehead atoms. The highest BCUT2D eigenvalue weighted by atomic mass is 16.5. The Morgan fingerprint density at radius 3 is 2.67 bits per heavy atom. The van der Waals surface area contributed by atoms with Gasteiger partial charge in [0.25, 0.3) is 0 Å². The van der Waals surface area contributed by atoms with Gasteiger partial charge in [0.05, 0.1) is 5.56 Å². The summed E-state index contributed by atoms with van der Waals surface area (Å²) in [4.78, 5) is 34.1. The fourth-order valence-electron chi connectivity index (χ4n) is 2.38. The van der Waals surface area contributed by atoms with E-state index in [1.54, 1.807) is 19.1 Å². The molecule has 6 nitrogen and oxygen atoms in total. The molecular formula is C14H15BO6. The maximum Gasteiger partial charge on any atom is 0.526 e. The summed E-state index contributed by atoms with van der Waals surface area (Å²) in [6, 6.07) is 4.66. The summed E-state index contributed by atoms with van der Waals surface area (Å²) in [5.41, 5.74) is 0.586. The van der Waals surface area contributed by atoms with Gasteiger partial charge in [-0.1, -0.05) is 19.1 Å². The van der Waals surface area contributed by atoms with Gasteiger partial charge >= 0.3 is 13.1 Å². The molecule has 0 unspecified atom stereocenters. The van der Waals surface area contributed by atoms with Gasteiger partial charge in [0.1, 0.15) is 5.75 Å². The molecule has 0 fully saturated rings. The average Bonchev–Trinajstić information content (AvgIpc) is 2.46. The number of rotatable bonds is 5. The number of benzene rings is 1. The molecule has 7 heteroatoms. The topological polar surface area (TPSA) is 101 Å². The minimum absolute atomic E-state index is 0.0269. The van der Waals surface area contributed by atoms with Crippen LogP contribution >= 0.6 is 0 Å². The number of hydrogen-bond acceptors (Lipinski definition) is 5. The molecule has 1 aliphatic heterocycles. The van der Waals surface area contributed by atoms with E-state index in [0.717, 1.165) is 0 Å². The smallest absolute Gasteiger partial charge is 0.526 e. The number of carboxylic acid groups (broad SMARTS) is 1. The first-order valence-corrected chi connectivity index (χ1v) is 6.70. The lowest BCUT2D eigenvalue weighted by Gasteiger charge is -2.27. The van der Waals surface area contributed by atoms with Crippen LogP contribution in [0.3, 0.4) is 0 Å². The second-order valence-corrected chi connectivity index (χ2v) is 4.98. The predicted octanol–water partition coefficient (Wildman–Crippen LogP) is 1.11. The fourth-order valence-corrected chi connectivity index (χ4v) is 2.38. The normalized spacial score (nSPS) is 16.9. The molecule has 110 valence electrons. The van der Waals surface area contributed by atoms with E-state index in [9.17, 15) is 19.4 Å². The zero-order chi connectivity index (χ0) is 15.6. The third-order valence-electron chi connectivity index (χ3n) is 3.53. The third-order valence-corrected chi connectivity index (χ3v) is 3.53. The second kappa shape index (κ2) is 6.09. The van der Waals surface area contributed by atoms with Gasteiger partial charge in [0.15, 0.2) is 11.6 Å².